The van der Waals surface area contributed by atoms with E-state index in [4.69, 9.17) is 5.11 Å². The standard InChI is InChI=1S/C15H23N5O4/c1-4-5-6-7-8-16-14-17-12-11(20(14)9-10(21)22)13(23)19(3)15(24)18(12)2/h11H,4-9H2,1-3H3,(H,21,22)/p+1. The number of hydrogen-bond donors (Lipinski definition) is 2. The van der Waals surface area contributed by atoms with Gasteiger partial charge in [0.05, 0.1) is 6.54 Å². The predicted octanol–water partition coefficient (Wildman–Crippen LogP) is -0.0861. The van der Waals surface area contributed by atoms with E-state index in [1.54, 1.807) is 0 Å². The molecule has 2 N–H and O–H groups in total. The van der Waals surface area contributed by atoms with Crippen LogP contribution in [0.1, 0.15) is 32.6 Å². The summed E-state index contributed by atoms with van der Waals surface area (Å²) in [6.45, 7) is 2.40. The number of urea groups is 1. The van der Waals surface area contributed by atoms with Crippen LogP contribution in [0.15, 0.2) is 4.99 Å². The Kier molecular flexibility index (Phi) is 5.53. The van der Waals surface area contributed by atoms with E-state index in [-0.39, 0.29) is 12.4 Å². The highest BCUT2D eigenvalue weighted by Gasteiger charge is 2.51. The second-order valence-corrected chi connectivity index (χ2v) is 5.94. The van der Waals surface area contributed by atoms with Gasteiger partial charge < -0.3 is 5.11 Å². The molecule has 0 aromatic heterocycles. The van der Waals surface area contributed by atoms with E-state index in [2.05, 4.69) is 17.2 Å². The van der Waals surface area contributed by atoms with E-state index < -0.39 is 23.9 Å². The van der Waals surface area contributed by atoms with Crippen LogP contribution in [-0.2, 0) is 9.59 Å². The zero-order valence-electron chi connectivity index (χ0n) is 14.3. The Morgan fingerprint density at radius 3 is 2.58 bits per heavy atom. The van der Waals surface area contributed by atoms with Crippen molar-refractivity contribution in [3.8, 4) is 0 Å². The smallest absolute Gasteiger partial charge is 0.390 e. The van der Waals surface area contributed by atoms with Gasteiger partial charge in [-0.05, 0) is 6.42 Å². The van der Waals surface area contributed by atoms with Crippen LogP contribution >= 0.6 is 0 Å². The lowest BCUT2D eigenvalue weighted by molar-refractivity contribution is -0.527. The molecule has 2 heterocycles. The fourth-order valence-corrected chi connectivity index (χ4v) is 2.80. The van der Waals surface area contributed by atoms with Crippen molar-refractivity contribution < 1.29 is 24.1 Å². The number of fused-ring (bicyclic) bond motifs is 1. The van der Waals surface area contributed by atoms with Crippen LogP contribution in [-0.4, -0.2) is 82.4 Å². The summed E-state index contributed by atoms with van der Waals surface area (Å²) in [6, 6.07) is -1.36. The topological polar surface area (TPSA) is 105 Å². The number of carbonyl (C=O) groups is 3. The predicted molar refractivity (Wildman–Crippen MR) is 87.1 cm³/mol. The van der Waals surface area contributed by atoms with Crippen LogP contribution in [0, 0.1) is 0 Å². The van der Waals surface area contributed by atoms with Gasteiger partial charge in [0.15, 0.2) is 6.54 Å². The molecule has 3 amide bonds. The molecule has 9 nitrogen and oxygen atoms in total. The minimum absolute atomic E-state index is 0.264. The van der Waals surface area contributed by atoms with E-state index in [1.165, 1.54) is 23.6 Å². The molecule has 2 aliphatic rings. The molecule has 1 atom stereocenters. The number of guanidine groups is 1. The molecular weight excluding hydrogens is 314 g/mol. The highest BCUT2D eigenvalue weighted by molar-refractivity contribution is 6.22. The molecule has 0 aliphatic carbocycles. The molecule has 0 saturated carbocycles. The lowest BCUT2D eigenvalue weighted by atomic mass is 10.1. The molecule has 0 spiro atoms. The lowest BCUT2D eigenvalue weighted by Crippen LogP contribution is -2.62. The van der Waals surface area contributed by atoms with Gasteiger partial charge in [-0.1, -0.05) is 31.2 Å². The number of nitrogens with one attached hydrogen (secondary N) is 1. The van der Waals surface area contributed by atoms with Gasteiger partial charge in [-0.3, -0.25) is 19.9 Å². The van der Waals surface area contributed by atoms with Crippen molar-refractivity contribution in [2.75, 3.05) is 27.2 Å². The summed E-state index contributed by atoms with van der Waals surface area (Å²) in [5.41, 5.74) is 0. The van der Waals surface area contributed by atoms with Gasteiger partial charge in [-0.25, -0.2) is 14.2 Å². The maximum Gasteiger partial charge on any atom is 0.390 e. The van der Waals surface area contributed by atoms with Crippen molar-refractivity contribution in [3.63, 3.8) is 0 Å². The van der Waals surface area contributed by atoms with Crippen LogP contribution in [0.4, 0.5) is 4.79 Å². The van der Waals surface area contributed by atoms with Gasteiger partial charge in [0.2, 0.25) is 11.9 Å². The van der Waals surface area contributed by atoms with Crippen LogP contribution in [0.5, 0.6) is 0 Å². The van der Waals surface area contributed by atoms with Crippen molar-refractivity contribution in [2.24, 2.45) is 4.99 Å². The summed E-state index contributed by atoms with van der Waals surface area (Å²) in [4.78, 5) is 42.2. The minimum atomic E-state index is -1.06. The molecule has 24 heavy (non-hydrogen) atoms. The Hall–Kier alpha value is -2.45. The van der Waals surface area contributed by atoms with Crippen molar-refractivity contribution in [2.45, 2.75) is 38.6 Å². The Balaban J connectivity index is 2.22. The van der Waals surface area contributed by atoms with E-state index >= 15 is 0 Å². The molecule has 132 valence electrons. The van der Waals surface area contributed by atoms with Crippen molar-refractivity contribution in [3.05, 3.63) is 0 Å². The van der Waals surface area contributed by atoms with Crippen molar-refractivity contribution >= 4 is 29.7 Å². The fourth-order valence-electron chi connectivity index (χ4n) is 2.80. The summed E-state index contributed by atoms with van der Waals surface area (Å²) >= 11 is 0. The van der Waals surface area contributed by atoms with E-state index in [0.29, 0.717) is 12.5 Å². The fraction of sp³-hybridized carbons (Fsp3) is 0.667. The van der Waals surface area contributed by atoms with Gasteiger partial charge in [0.25, 0.3) is 5.91 Å². The molecule has 0 aromatic rings. The largest absolute Gasteiger partial charge is 0.479 e. The number of hydrogen-bond acceptors (Lipinski definition) is 5. The van der Waals surface area contributed by atoms with Crippen LogP contribution in [0.3, 0.4) is 0 Å². The molecular formula is C15H24N5O4+. The first-order chi connectivity index (χ1) is 11.4. The summed E-state index contributed by atoms with van der Waals surface area (Å²) in [5, 5.41) is 12.3. The van der Waals surface area contributed by atoms with Crippen LogP contribution in [0.25, 0.3) is 0 Å². The first-order valence-corrected chi connectivity index (χ1v) is 8.11. The third kappa shape index (κ3) is 3.39. The number of amides is 3. The van der Waals surface area contributed by atoms with Crippen LogP contribution in [0.2, 0.25) is 0 Å². The molecule has 0 radical (unpaired) electrons. The second kappa shape index (κ2) is 7.41. The van der Waals surface area contributed by atoms with Gasteiger partial charge in [-0.15, -0.1) is 0 Å². The monoisotopic (exact) mass is 338 g/mol. The van der Waals surface area contributed by atoms with Crippen molar-refractivity contribution in [1.82, 2.24) is 15.1 Å². The summed E-state index contributed by atoms with van der Waals surface area (Å²) < 4.78 is 1.40. The number of aliphatic imine (C=N–C) groups is 1. The molecule has 1 saturated heterocycles. The number of imide groups is 1. The molecule has 0 aromatic carbocycles. The van der Waals surface area contributed by atoms with Gasteiger partial charge in [0.1, 0.15) is 0 Å². The lowest BCUT2D eigenvalue weighted by Gasteiger charge is -2.31. The Morgan fingerprint density at radius 2 is 1.96 bits per heavy atom. The molecule has 2 rings (SSSR count). The molecule has 9 heteroatoms. The minimum Gasteiger partial charge on any atom is -0.479 e. The number of carboxylic acids is 1. The average molecular weight is 338 g/mol. The molecule has 0 bridgehead atoms. The Labute approximate surface area is 140 Å². The zero-order valence-corrected chi connectivity index (χ0v) is 14.3. The average Bonchev–Trinajstić information content (AvgIpc) is 2.88. The SMILES string of the molecule is CCCCCCNC1=[N+](CC(=O)O)C2C(=O)N(C)C(=O)N(C)C2=N1. The third-order valence-corrected chi connectivity index (χ3v) is 4.15. The van der Waals surface area contributed by atoms with Crippen LogP contribution < -0.4 is 5.32 Å². The maximum absolute atomic E-state index is 12.4. The number of nitrogens with zero attached hydrogens (tertiary/aromatic N) is 4. The number of amidine groups is 1. The number of rotatable bonds is 7. The Bertz CT molecular complexity index is 613. The number of likely N-dealkylation sites (N-methyl/N-ethyl adjacent to an activating group) is 2. The number of aliphatic carboxylic acids is 1. The molecule has 2 aliphatic heterocycles. The third-order valence-electron chi connectivity index (χ3n) is 4.15. The quantitative estimate of drug-likeness (QED) is 0.499. The maximum atomic E-state index is 12.4. The van der Waals surface area contributed by atoms with Gasteiger partial charge in [-0.2, -0.15) is 0 Å². The second-order valence-electron chi connectivity index (χ2n) is 5.94. The van der Waals surface area contributed by atoms with Crippen molar-refractivity contribution in [1.29, 1.82) is 0 Å². The number of unbranched alkanes of at least 4 members (excludes halogenated alkanes) is 3. The Morgan fingerprint density at radius 1 is 1.25 bits per heavy atom. The van der Waals surface area contributed by atoms with E-state index in [9.17, 15) is 14.4 Å². The van der Waals surface area contributed by atoms with E-state index in [0.717, 1.165) is 30.6 Å². The summed E-state index contributed by atoms with van der Waals surface area (Å²) in [5.74, 6) is -0.940. The number of carbonyl (C=O) groups excluding carboxylic acids is 2. The number of carboxylic acid groups (broad SMARTS) is 1. The highest BCUT2D eigenvalue weighted by Crippen LogP contribution is 2.18. The van der Waals surface area contributed by atoms with Gasteiger partial charge >= 0.3 is 18.0 Å². The first-order valence-electron chi connectivity index (χ1n) is 8.11. The highest BCUT2D eigenvalue weighted by atomic mass is 16.4. The first kappa shape index (κ1) is 17.9. The molecule has 1 fully saturated rings. The van der Waals surface area contributed by atoms with Gasteiger partial charge in [0, 0.05) is 14.1 Å². The summed E-state index contributed by atoms with van der Waals surface area (Å²) in [7, 11) is 2.91. The molecule has 1 unspecified atom stereocenters. The van der Waals surface area contributed by atoms with E-state index in [1.807, 2.05) is 0 Å². The normalized spacial score (nSPS) is 20.5. The zero-order chi connectivity index (χ0) is 17.9. The summed E-state index contributed by atoms with van der Waals surface area (Å²) in [6.07, 6.45) is 4.25.